The molecule has 0 bridgehead atoms. The van der Waals surface area contributed by atoms with E-state index in [0.717, 1.165) is 24.3 Å². The van der Waals surface area contributed by atoms with E-state index in [0.29, 0.717) is 11.6 Å². The van der Waals surface area contributed by atoms with Crippen LogP contribution in [0.15, 0.2) is 36.4 Å². The van der Waals surface area contributed by atoms with Gasteiger partial charge >= 0.3 is 12.3 Å². The van der Waals surface area contributed by atoms with Crippen LogP contribution in [0.3, 0.4) is 0 Å². The Labute approximate surface area is 121 Å². The molecule has 0 heterocycles. The van der Waals surface area contributed by atoms with E-state index in [2.05, 4.69) is 0 Å². The van der Waals surface area contributed by atoms with Gasteiger partial charge in [-0.2, -0.15) is 8.78 Å². The van der Waals surface area contributed by atoms with Crippen LogP contribution in [0.2, 0.25) is 0 Å². The number of phenolic OH excluding ortho intramolecular Hbond substituents is 1. The first-order valence-corrected chi connectivity index (χ1v) is 6.13. The first-order chi connectivity index (χ1) is 10.2. The molecule has 2 rings (SSSR count). The molecule has 0 spiro atoms. The third kappa shape index (κ3) is 3.35. The number of rotatable bonds is 4. The molecule has 2 aromatic rings. The quantitative estimate of drug-likeness (QED) is 0.815. The van der Waals surface area contributed by atoms with Crippen molar-refractivity contribution < 1.29 is 31.4 Å². The van der Waals surface area contributed by atoms with Crippen molar-refractivity contribution in [3.05, 3.63) is 64.7 Å². The Morgan fingerprint density at radius 2 is 1.64 bits per heavy atom. The highest BCUT2D eigenvalue weighted by Crippen LogP contribution is 2.35. The number of aromatic hydroxyl groups is 1. The van der Waals surface area contributed by atoms with Crippen LogP contribution in [0.5, 0.6) is 5.75 Å². The van der Waals surface area contributed by atoms with Crippen LogP contribution in [-0.4, -0.2) is 11.5 Å². The fourth-order valence-corrected chi connectivity index (χ4v) is 1.97. The number of hydrogen-bond donors (Lipinski definition) is 1. The Bertz CT molecular complexity index is 684. The van der Waals surface area contributed by atoms with Gasteiger partial charge in [0.15, 0.2) is 11.6 Å². The van der Waals surface area contributed by atoms with Crippen LogP contribution < -0.4 is 0 Å². The van der Waals surface area contributed by atoms with Gasteiger partial charge in [-0.05, 0) is 47.9 Å². The summed E-state index contributed by atoms with van der Waals surface area (Å²) >= 11 is 0. The molecule has 0 aliphatic heterocycles. The molecule has 22 heavy (non-hydrogen) atoms. The Morgan fingerprint density at radius 1 is 0.955 bits per heavy atom. The summed E-state index contributed by atoms with van der Waals surface area (Å²) in [6.45, 7) is 0. The Kier molecular flexibility index (Phi) is 4.35. The molecule has 1 nitrogen and oxygen atoms in total. The van der Waals surface area contributed by atoms with Gasteiger partial charge in [0, 0.05) is 5.56 Å². The molecule has 0 aliphatic carbocycles. The number of alkyl halides is 4. The van der Waals surface area contributed by atoms with Crippen LogP contribution in [0, 0.1) is 11.6 Å². The third-order valence-corrected chi connectivity index (χ3v) is 3.04. The molecule has 0 saturated heterocycles. The van der Waals surface area contributed by atoms with Crippen LogP contribution >= 0.6 is 0 Å². The first-order valence-electron chi connectivity index (χ1n) is 6.13. The maximum absolute atomic E-state index is 13.4. The maximum Gasteiger partial charge on any atom is 0.332 e. The summed E-state index contributed by atoms with van der Waals surface area (Å²) in [6.07, 6.45) is -4.09. The minimum atomic E-state index is -4.47. The summed E-state index contributed by atoms with van der Waals surface area (Å²) in [4.78, 5) is 0. The highest BCUT2D eigenvalue weighted by molar-refractivity contribution is 5.35. The molecule has 0 saturated carbocycles. The van der Waals surface area contributed by atoms with E-state index in [9.17, 15) is 31.4 Å². The predicted octanol–water partition coefficient (Wildman–Crippen LogP) is 4.62. The predicted molar refractivity (Wildman–Crippen MR) is 67.2 cm³/mol. The number of hydrogen-bond acceptors (Lipinski definition) is 1. The normalized spacial score (nSPS) is 12.0. The molecule has 0 atom stereocenters. The molecule has 0 fully saturated rings. The van der Waals surface area contributed by atoms with Gasteiger partial charge in [-0.25, -0.2) is 17.6 Å². The smallest absolute Gasteiger partial charge is 0.332 e. The largest absolute Gasteiger partial charge is 0.505 e. The lowest BCUT2D eigenvalue weighted by Gasteiger charge is -2.16. The minimum absolute atomic E-state index is 0.00123. The molecule has 1 N–H and O–H groups in total. The zero-order valence-corrected chi connectivity index (χ0v) is 11.0. The van der Waals surface area contributed by atoms with E-state index >= 15 is 0 Å². The van der Waals surface area contributed by atoms with Gasteiger partial charge in [-0.15, -0.1) is 0 Å². The zero-order valence-electron chi connectivity index (χ0n) is 11.0. The van der Waals surface area contributed by atoms with Crippen molar-refractivity contribution >= 4 is 0 Å². The van der Waals surface area contributed by atoms with Crippen molar-refractivity contribution in [2.24, 2.45) is 0 Å². The molecular formula is C15H10F6O. The minimum Gasteiger partial charge on any atom is -0.505 e. The van der Waals surface area contributed by atoms with E-state index < -0.39 is 35.3 Å². The fourth-order valence-electron chi connectivity index (χ4n) is 1.97. The molecular weight excluding hydrogens is 310 g/mol. The first kappa shape index (κ1) is 16.2. The van der Waals surface area contributed by atoms with Gasteiger partial charge in [-0.1, -0.05) is 6.07 Å². The van der Waals surface area contributed by atoms with Crippen molar-refractivity contribution in [1.82, 2.24) is 0 Å². The van der Waals surface area contributed by atoms with Crippen molar-refractivity contribution in [2.75, 3.05) is 0 Å². The summed E-state index contributed by atoms with van der Waals surface area (Å²) in [5.41, 5.74) is -0.819. The highest BCUT2D eigenvalue weighted by atomic mass is 19.3. The van der Waals surface area contributed by atoms with Crippen molar-refractivity contribution in [3.8, 4) is 5.75 Å². The Balaban J connectivity index is 2.36. The monoisotopic (exact) mass is 320 g/mol. The molecule has 0 aliphatic rings. The van der Waals surface area contributed by atoms with E-state index in [-0.39, 0.29) is 12.0 Å². The summed E-state index contributed by atoms with van der Waals surface area (Å²) in [6, 6.07) is 5.29. The molecule has 7 heteroatoms. The third-order valence-electron chi connectivity index (χ3n) is 3.04. The van der Waals surface area contributed by atoms with Crippen LogP contribution in [0.4, 0.5) is 26.3 Å². The Morgan fingerprint density at radius 3 is 2.23 bits per heavy atom. The van der Waals surface area contributed by atoms with Crippen LogP contribution in [-0.2, 0) is 12.3 Å². The molecule has 0 aromatic heterocycles. The topological polar surface area (TPSA) is 20.2 Å². The van der Waals surface area contributed by atoms with Gasteiger partial charge in [-0.3, -0.25) is 0 Å². The number of benzene rings is 2. The maximum atomic E-state index is 13.4. The molecule has 118 valence electrons. The summed E-state index contributed by atoms with van der Waals surface area (Å²) in [5, 5.41) is 9.22. The van der Waals surface area contributed by atoms with Gasteiger partial charge in [0.25, 0.3) is 0 Å². The van der Waals surface area contributed by atoms with Gasteiger partial charge < -0.3 is 5.11 Å². The van der Waals surface area contributed by atoms with E-state index in [4.69, 9.17) is 0 Å². The summed E-state index contributed by atoms with van der Waals surface area (Å²) < 4.78 is 77.6. The van der Waals surface area contributed by atoms with Crippen molar-refractivity contribution in [3.63, 3.8) is 0 Å². The standard InChI is InChI=1S/C15H10F6O/c16-11-5-9(3-8-1-2-12(17)13(22)6-8)4-10(7-11)15(20,21)14(18)19/h1-2,4-7,14,22H,3H2. The van der Waals surface area contributed by atoms with E-state index in [1.165, 1.54) is 6.07 Å². The second-order valence-electron chi connectivity index (χ2n) is 4.73. The van der Waals surface area contributed by atoms with Crippen molar-refractivity contribution in [2.45, 2.75) is 18.8 Å². The zero-order chi connectivity index (χ0) is 16.5. The lowest BCUT2D eigenvalue weighted by atomic mass is 9.99. The average Bonchev–Trinajstić information content (AvgIpc) is 2.42. The van der Waals surface area contributed by atoms with Gasteiger partial charge in [0.2, 0.25) is 0 Å². The fraction of sp³-hybridized carbons (Fsp3) is 0.200. The Hall–Kier alpha value is -2.18. The SMILES string of the molecule is Oc1cc(Cc2cc(F)cc(C(F)(F)C(F)F)c2)ccc1F. The summed E-state index contributed by atoms with van der Waals surface area (Å²) in [5.74, 6) is -7.07. The summed E-state index contributed by atoms with van der Waals surface area (Å²) in [7, 11) is 0. The molecule has 0 amide bonds. The number of phenols is 1. The van der Waals surface area contributed by atoms with Gasteiger partial charge in [0.1, 0.15) is 5.82 Å². The second-order valence-corrected chi connectivity index (χ2v) is 4.73. The molecule has 0 radical (unpaired) electrons. The van der Waals surface area contributed by atoms with Crippen LogP contribution in [0.25, 0.3) is 0 Å². The second kappa shape index (κ2) is 5.90. The molecule has 0 unspecified atom stereocenters. The van der Waals surface area contributed by atoms with Crippen molar-refractivity contribution in [1.29, 1.82) is 0 Å². The van der Waals surface area contributed by atoms with E-state index in [1.54, 1.807) is 0 Å². The van der Waals surface area contributed by atoms with Crippen LogP contribution in [0.1, 0.15) is 16.7 Å². The van der Waals surface area contributed by atoms with Gasteiger partial charge in [0.05, 0.1) is 0 Å². The lowest BCUT2D eigenvalue weighted by molar-refractivity contribution is -0.135. The lowest BCUT2D eigenvalue weighted by Crippen LogP contribution is -2.23. The highest BCUT2D eigenvalue weighted by Gasteiger charge is 2.43. The molecule has 2 aromatic carbocycles. The number of halogens is 6. The van der Waals surface area contributed by atoms with E-state index in [1.807, 2.05) is 0 Å². The average molecular weight is 320 g/mol.